The van der Waals surface area contributed by atoms with Crippen molar-refractivity contribution in [3.8, 4) is 5.75 Å². The summed E-state index contributed by atoms with van der Waals surface area (Å²) < 4.78 is 5.37. The standard InChI is InChI=1S/C18H17N3O3/c1-3-9-21-16(22)11-24-14-7-8-15(19-17(14)21)20-18(23)13-6-4-5-12(2)10-13/h3-8,10H,1,9,11H2,2H3,(H,19,20,23). The molecule has 0 spiro atoms. The number of carbonyl (C=O) groups excluding carboxylic acids is 2. The normalized spacial score (nSPS) is 13.0. The number of aryl methyl sites for hydroxylation is 1. The minimum Gasteiger partial charge on any atom is -0.480 e. The molecule has 0 saturated carbocycles. The molecular formula is C18H17N3O3. The van der Waals surface area contributed by atoms with E-state index in [2.05, 4.69) is 16.9 Å². The van der Waals surface area contributed by atoms with Crippen molar-refractivity contribution in [1.29, 1.82) is 0 Å². The maximum atomic E-state index is 12.3. The van der Waals surface area contributed by atoms with E-state index in [4.69, 9.17) is 4.74 Å². The van der Waals surface area contributed by atoms with Gasteiger partial charge in [0.1, 0.15) is 5.82 Å². The van der Waals surface area contributed by atoms with Gasteiger partial charge in [-0.3, -0.25) is 14.5 Å². The summed E-state index contributed by atoms with van der Waals surface area (Å²) in [5.41, 5.74) is 1.54. The Morgan fingerprint density at radius 3 is 3.00 bits per heavy atom. The highest BCUT2D eigenvalue weighted by Crippen LogP contribution is 2.31. The van der Waals surface area contributed by atoms with Crippen LogP contribution in [0.25, 0.3) is 0 Å². The molecule has 0 radical (unpaired) electrons. The Balaban J connectivity index is 1.86. The predicted molar refractivity (Wildman–Crippen MR) is 91.4 cm³/mol. The molecule has 6 heteroatoms. The number of amides is 2. The number of hydrogen-bond acceptors (Lipinski definition) is 4. The summed E-state index contributed by atoms with van der Waals surface area (Å²) in [5.74, 6) is 0.785. The van der Waals surface area contributed by atoms with Crippen LogP contribution < -0.4 is 15.0 Å². The van der Waals surface area contributed by atoms with Gasteiger partial charge in [0, 0.05) is 12.1 Å². The number of benzene rings is 1. The minimum absolute atomic E-state index is 0.0302. The number of nitrogens with zero attached hydrogens (tertiary/aromatic N) is 2. The van der Waals surface area contributed by atoms with Crippen LogP contribution in [-0.2, 0) is 4.79 Å². The maximum absolute atomic E-state index is 12.3. The molecule has 1 aliphatic rings. The van der Waals surface area contributed by atoms with E-state index in [0.717, 1.165) is 5.56 Å². The SMILES string of the molecule is C=CCN1C(=O)COc2ccc(NC(=O)c3cccc(C)c3)nc21. The second kappa shape index (κ2) is 6.54. The van der Waals surface area contributed by atoms with Gasteiger partial charge < -0.3 is 10.1 Å². The molecule has 1 N–H and O–H groups in total. The summed E-state index contributed by atoms with van der Waals surface area (Å²) >= 11 is 0. The van der Waals surface area contributed by atoms with E-state index < -0.39 is 0 Å². The van der Waals surface area contributed by atoms with Crippen molar-refractivity contribution in [1.82, 2.24) is 4.98 Å². The van der Waals surface area contributed by atoms with Crippen LogP contribution in [0.5, 0.6) is 5.75 Å². The molecule has 0 fully saturated rings. The van der Waals surface area contributed by atoms with E-state index in [1.54, 1.807) is 30.3 Å². The predicted octanol–water partition coefficient (Wildman–Crippen LogP) is 2.55. The summed E-state index contributed by atoms with van der Waals surface area (Å²) in [6.07, 6.45) is 1.62. The van der Waals surface area contributed by atoms with Gasteiger partial charge >= 0.3 is 0 Å². The number of anilines is 2. The number of carbonyl (C=O) groups is 2. The zero-order valence-corrected chi connectivity index (χ0v) is 13.3. The van der Waals surface area contributed by atoms with E-state index in [9.17, 15) is 9.59 Å². The van der Waals surface area contributed by atoms with E-state index >= 15 is 0 Å². The molecule has 24 heavy (non-hydrogen) atoms. The van der Waals surface area contributed by atoms with Crippen LogP contribution in [-0.4, -0.2) is 29.9 Å². The molecule has 1 aromatic heterocycles. The molecule has 0 unspecified atom stereocenters. The Labute approximate surface area is 139 Å². The van der Waals surface area contributed by atoms with Gasteiger partial charge in [0.2, 0.25) is 0 Å². The van der Waals surface area contributed by atoms with E-state index in [1.165, 1.54) is 4.90 Å². The van der Waals surface area contributed by atoms with Crippen molar-refractivity contribution < 1.29 is 14.3 Å². The zero-order valence-electron chi connectivity index (χ0n) is 13.3. The molecule has 3 rings (SSSR count). The molecule has 1 aliphatic heterocycles. The second-order valence-corrected chi connectivity index (χ2v) is 5.42. The molecule has 0 atom stereocenters. The van der Waals surface area contributed by atoms with Gasteiger partial charge in [-0.2, -0.15) is 0 Å². The average Bonchev–Trinajstić information content (AvgIpc) is 2.57. The first-order valence-electron chi connectivity index (χ1n) is 7.51. The lowest BCUT2D eigenvalue weighted by Gasteiger charge is -2.27. The van der Waals surface area contributed by atoms with Crippen LogP contribution in [0, 0.1) is 6.92 Å². The third-order valence-corrected chi connectivity index (χ3v) is 3.58. The maximum Gasteiger partial charge on any atom is 0.266 e. The van der Waals surface area contributed by atoms with Crippen LogP contribution in [0.2, 0.25) is 0 Å². The molecular weight excluding hydrogens is 306 g/mol. The summed E-state index contributed by atoms with van der Waals surface area (Å²) in [6, 6.07) is 10.6. The van der Waals surface area contributed by atoms with Gasteiger partial charge in [-0.1, -0.05) is 23.8 Å². The van der Waals surface area contributed by atoms with Gasteiger partial charge in [-0.05, 0) is 31.2 Å². The van der Waals surface area contributed by atoms with E-state index in [-0.39, 0.29) is 18.4 Å². The lowest BCUT2D eigenvalue weighted by Crippen LogP contribution is -2.39. The first kappa shape index (κ1) is 15.7. The molecule has 122 valence electrons. The lowest BCUT2D eigenvalue weighted by molar-refractivity contribution is -0.121. The minimum atomic E-state index is -0.260. The van der Waals surface area contributed by atoms with Crippen LogP contribution in [0.1, 0.15) is 15.9 Å². The van der Waals surface area contributed by atoms with Gasteiger partial charge in [0.25, 0.3) is 11.8 Å². The monoisotopic (exact) mass is 323 g/mol. The van der Waals surface area contributed by atoms with Crippen LogP contribution in [0.3, 0.4) is 0 Å². The Morgan fingerprint density at radius 2 is 2.25 bits per heavy atom. The van der Waals surface area contributed by atoms with Crippen molar-refractivity contribution in [2.75, 3.05) is 23.4 Å². The van der Waals surface area contributed by atoms with Crippen LogP contribution in [0.15, 0.2) is 49.1 Å². The zero-order chi connectivity index (χ0) is 17.1. The van der Waals surface area contributed by atoms with Gasteiger partial charge in [0.05, 0.1) is 0 Å². The van der Waals surface area contributed by atoms with Crippen molar-refractivity contribution in [2.24, 2.45) is 0 Å². The fraction of sp³-hybridized carbons (Fsp3) is 0.167. The number of aromatic nitrogens is 1. The highest BCUT2D eigenvalue weighted by molar-refractivity contribution is 6.04. The first-order chi connectivity index (χ1) is 11.6. The van der Waals surface area contributed by atoms with Crippen molar-refractivity contribution in [3.05, 3.63) is 60.2 Å². The molecule has 1 aromatic carbocycles. The molecule has 0 saturated heterocycles. The molecule has 0 aliphatic carbocycles. The van der Waals surface area contributed by atoms with Crippen LogP contribution in [0.4, 0.5) is 11.6 Å². The fourth-order valence-corrected chi connectivity index (χ4v) is 2.44. The van der Waals surface area contributed by atoms with Crippen LogP contribution >= 0.6 is 0 Å². The van der Waals surface area contributed by atoms with Crippen molar-refractivity contribution >= 4 is 23.5 Å². The number of pyridine rings is 1. The highest BCUT2D eigenvalue weighted by atomic mass is 16.5. The number of fused-ring (bicyclic) bond motifs is 1. The fourth-order valence-electron chi connectivity index (χ4n) is 2.44. The van der Waals surface area contributed by atoms with Gasteiger partial charge in [0.15, 0.2) is 18.2 Å². The molecule has 0 bridgehead atoms. The first-order valence-corrected chi connectivity index (χ1v) is 7.51. The summed E-state index contributed by atoms with van der Waals surface area (Å²) in [6.45, 7) is 5.87. The summed E-state index contributed by atoms with van der Waals surface area (Å²) in [5, 5.41) is 2.74. The molecule has 2 amide bonds. The molecule has 2 heterocycles. The smallest absolute Gasteiger partial charge is 0.266 e. The second-order valence-electron chi connectivity index (χ2n) is 5.42. The average molecular weight is 323 g/mol. The Kier molecular flexibility index (Phi) is 4.29. The topological polar surface area (TPSA) is 71.5 Å². The molecule has 2 aromatic rings. The summed E-state index contributed by atoms with van der Waals surface area (Å²) in [7, 11) is 0. The van der Waals surface area contributed by atoms with E-state index in [1.807, 2.05) is 19.1 Å². The van der Waals surface area contributed by atoms with Gasteiger partial charge in [-0.25, -0.2) is 4.98 Å². The number of hydrogen-bond donors (Lipinski definition) is 1. The number of ether oxygens (including phenoxy) is 1. The number of rotatable bonds is 4. The third-order valence-electron chi connectivity index (χ3n) is 3.58. The summed E-state index contributed by atoms with van der Waals surface area (Å²) in [4.78, 5) is 30.1. The quantitative estimate of drug-likeness (QED) is 0.878. The highest BCUT2D eigenvalue weighted by Gasteiger charge is 2.26. The lowest BCUT2D eigenvalue weighted by atomic mass is 10.1. The Morgan fingerprint density at radius 1 is 1.42 bits per heavy atom. The Bertz CT molecular complexity index is 817. The van der Waals surface area contributed by atoms with Crippen molar-refractivity contribution in [3.63, 3.8) is 0 Å². The third kappa shape index (κ3) is 3.12. The van der Waals surface area contributed by atoms with Gasteiger partial charge in [-0.15, -0.1) is 6.58 Å². The largest absolute Gasteiger partial charge is 0.480 e. The van der Waals surface area contributed by atoms with E-state index in [0.29, 0.717) is 29.5 Å². The van der Waals surface area contributed by atoms with Crippen molar-refractivity contribution in [2.45, 2.75) is 6.92 Å². The Hall–Kier alpha value is -3.15. The number of nitrogens with one attached hydrogen (secondary N) is 1. The molecule has 6 nitrogen and oxygen atoms in total.